The number of hydrogen-bond donors (Lipinski definition) is 1. The first-order valence-electron chi connectivity index (χ1n) is 9.62. The molecule has 4 rings (SSSR count). The molecule has 0 spiro atoms. The van der Waals surface area contributed by atoms with E-state index in [1.54, 1.807) is 4.90 Å². The van der Waals surface area contributed by atoms with Crippen LogP contribution in [0.25, 0.3) is 0 Å². The van der Waals surface area contributed by atoms with Gasteiger partial charge in [-0.3, -0.25) is 14.5 Å². The van der Waals surface area contributed by atoms with E-state index < -0.39 is 12.1 Å². The minimum absolute atomic E-state index is 0.193. The average Bonchev–Trinajstić information content (AvgIpc) is 3.00. The molecule has 2 heterocycles. The van der Waals surface area contributed by atoms with Crippen molar-refractivity contribution in [3.63, 3.8) is 0 Å². The first kappa shape index (κ1) is 18.2. The molecule has 1 N–H and O–H groups in total. The molecule has 28 heavy (non-hydrogen) atoms. The lowest BCUT2D eigenvalue weighted by Crippen LogP contribution is -2.45. The maximum absolute atomic E-state index is 12.7. The fourth-order valence-electron chi connectivity index (χ4n) is 3.82. The molecule has 0 saturated carbocycles. The van der Waals surface area contributed by atoms with Crippen LogP contribution >= 0.6 is 0 Å². The molecule has 0 bridgehead atoms. The van der Waals surface area contributed by atoms with Gasteiger partial charge in [-0.1, -0.05) is 54.6 Å². The Labute approximate surface area is 164 Å². The van der Waals surface area contributed by atoms with Crippen LogP contribution in [0.4, 0.5) is 4.79 Å². The second-order valence-electron chi connectivity index (χ2n) is 7.28. The fourth-order valence-corrected chi connectivity index (χ4v) is 3.82. The molecule has 6 heteroatoms. The van der Waals surface area contributed by atoms with Crippen LogP contribution in [-0.4, -0.2) is 46.8 Å². The van der Waals surface area contributed by atoms with Gasteiger partial charge in [0, 0.05) is 13.1 Å². The van der Waals surface area contributed by atoms with E-state index in [4.69, 9.17) is 0 Å². The van der Waals surface area contributed by atoms with Gasteiger partial charge in [-0.25, -0.2) is 4.79 Å². The standard InChI is InChI=1S/C22H23N3O3/c26-20(24-13-12-17-8-4-5-9-18(17)14-24)15-25-21(27)19(23-22(25)28)11-10-16-6-2-1-3-7-16/h1-9,19H,10-15H2,(H,23,28)/t19-/m0/s1. The number of urea groups is 1. The van der Waals surface area contributed by atoms with E-state index in [2.05, 4.69) is 11.4 Å². The Kier molecular flexibility index (Phi) is 5.10. The first-order valence-corrected chi connectivity index (χ1v) is 9.62. The van der Waals surface area contributed by atoms with Crippen molar-refractivity contribution in [2.24, 2.45) is 0 Å². The lowest BCUT2D eigenvalue weighted by Gasteiger charge is -2.29. The van der Waals surface area contributed by atoms with Gasteiger partial charge in [0.05, 0.1) is 0 Å². The average molecular weight is 377 g/mol. The highest BCUT2D eigenvalue weighted by Gasteiger charge is 2.39. The van der Waals surface area contributed by atoms with Crippen LogP contribution in [0.5, 0.6) is 0 Å². The third-order valence-corrected chi connectivity index (χ3v) is 5.45. The SMILES string of the molecule is O=C(CN1C(=O)N[C@@H](CCc2ccccc2)C1=O)N1CCc2ccccc2C1. The molecule has 2 aliphatic heterocycles. The topological polar surface area (TPSA) is 69.7 Å². The lowest BCUT2D eigenvalue weighted by molar-refractivity contribution is -0.138. The van der Waals surface area contributed by atoms with Gasteiger partial charge in [0.25, 0.3) is 5.91 Å². The van der Waals surface area contributed by atoms with E-state index in [0.717, 1.165) is 22.4 Å². The molecule has 1 saturated heterocycles. The Morgan fingerprint density at radius 3 is 2.50 bits per heavy atom. The van der Waals surface area contributed by atoms with Crippen molar-refractivity contribution in [2.45, 2.75) is 31.8 Å². The number of benzene rings is 2. The maximum Gasteiger partial charge on any atom is 0.325 e. The molecule has 144 valence electrons. The molecule has 0 radical (unpaired) electrons. The fraction of sp³-hybridized carbons (Fsp3) is 0.318. The zero-order valence-corrected chi connectivity index (χ0v) is 15.6. The summed E-state index contributed by atoms with van der Waals surface area (Å²) in [6.45, 7) is 0.932. The second kappa shape index (κ2) is 7.84. The number of aryl methyl sites for hydroxylation is 1. The summed E-state index contributed by atoms with van der Waals surface area (Å²) in [6.07, 6.45) is 2.01. The van der Waals surface area contributed by atoms with Gasteiger partial charge < -0.3 is 10.2 Å². The van der Waals surface area contributed by atoms with E-state index in [-0.39, 0.29) is 18.4 Å². The Bertz CT molecular complexity index is 897. The largest absolute Gasteiger partial charge is 0.336 e. The van der Waals surface area contributed by atoms with E-state index >= 15 is 0 Å². The molecule has 0 unspecified atom stereocenters. The summed E-state index contributed by atoms with van der Waals surface area (Å²) < 4.78 is 0. The van der Waals surface area contributed by atoms with Crippen LogP contribution in [0.1, 0.15) is 23.1 Å². The van der Waals surface area contributed by atoms with Crippen LogP contribution in [0.3, 0.4) is 0 Å². The number of nitrogens with zero attached hydrogens (tertiary/aromatic N) is 2. The molecule has 1 atom stereocenters. The van der Waals surface area contributed by atoms with Gasteiger partial charge >= 0.3 is 6.03 Å². The molecule has 4 amide bonds. The van der Waals surface area contributed by atoms with Crippen molar-refractivity contribution in [1.29, 1.82) is 0 Å². The second-order valence-corrected chi connectivity index (χ2v) is 7.28. The van der Waals surface area contributed by atoms with Crippen molar-refractivity contribution in [3.8, 4) is 0 Å². The molecular formula is C22H23N3O3. The van der Waals surface area contributed by atoms with E-state index in [0.29, 0.717) is 25.9 Å². The number of hydrogen-bond acceptors (Lipinski definition) is 3. The van der Waals surface area contributed by atoms with Crippen molar-refractivity contribution in [3.05, 3.63) is 71.3 Å². The number of carbonyl (C=O) groups excluding carboxylic acids is 3. The highest BCUT2D eigenvalue weighted by molar-refractivity contribution is 6.06. The number of imide groups is 1. The summed E-state index contributed by atoms with van der Waals surface area (Å²) in [5.74, 6) is -0.506. The van der Waals surface area contributed by atoms with E-state index in [1.165, 1.54) is 5.56 Å². The quantitative estimate of drug-likeness (QED) is 0.812. The summed E-state index contributed by atoms with van der Waals surface area (Å²) in [7, 11) is 0. The van der Waals surface area contributed by atoms with Gasteiger partial charge in [0.1, 0.15) is 12.6 Å². The zero-order valence-electron chi connectivity index (χ0n) is 15.6. The van der Waals surface area contributed by atoms with Gasteiger partial charge in [0.2, 0.25) is 5.91 Å². The molecule has 2 aliphatic rings. The highest BCUT2D eigenvalue weighted by Crippen LogP contribution is 2.19. The van der Waals surface area contributed by atoms with Crippen molar-refractivity contribution < 1.29 is 14.4 Å². The molecule has 6 nitrogen and oxygen atoms in total. The number of nitrogens with one attached hydrogen (secondary N) is 1. The summed E-state index contributed by atoms with van der Waals surface area (Å²) >= 11 is 0. The number of amides is 4. The van der Waals surface area contributed by atoms with Gasteiger partial charge in [-0.05, 0) is 36.0 Å². The predicted molar refractivity (Wildman–Crippen MR) is 104 cm³/mol. The smallest absolute Gasteiger partial charge is 0.325 e. The van der Waals surface area contributed by atoms with Crippen LogP contribution in [0.2, 0.25) is 0 Å². The minimum Gasteiger partial charge on any atom is -0.336 e. The molecule has 2 aromatic carbocycles. The molecular weight excluding hydrogens is 354 g/mol. The summed E-state index contributed by atoms with van der Waals surface area (Å²) in [5, 5.41) is 2.71. The Morgan fingerprint density at radius 1 is 1.00 bits per heavy atom. The summed E-state index contributed by atoms with van der Waals surface area (Å²) in [6, 6.07) is 16.8. The Morgan fingerprint density at radius 2 is 1.71 bits per heavy atom. The predicted octanol–water partition coefficient (Wildman–Crippen LogP) is 2.12. The van der Waals surface area contributed by atoms with Crippen molar-refractivity contribution in [2.75, 3.05) is 13.1 Å². The summed E-state index contributed by atoms with van der Waals surface area (Å²) in [4.78, 5) is 40.3. The van der Waals surface area contributed by atoms with Gasteiger partial charge in [0.15, 0.2) is 0 Å². The molecule has 0 aromatic heterocycles. The van der Waals surface area contributed by atoms with Crippen LogP contribution in [0.15, 0.2) is 54.6 Å². The van der Waals surface area contributed by atoms with E-state index in [1.807, 2.05) is 48.5 Å². The third kappa shape index (κ3) is 3.76. The highest BCUT2D eigenvalue weighted by atomic mass is 16.2. The molecule has 1 fully saturated rings. The Balaban J connectivity index is 1.35. The van der Waals surface area contributed by atoms with E-state index in [9.17, 15) is 14.4 Å². The monoisotopic (exact) mass is 377 g/mol. The number of carbonyl (C=O) groups is 3. The number of fused-ring (bicyclic) bond motifs is 1. The Hall–Kier alpha value is -3.15. The van der Waals surface area contributed by atoms with Crippen molar-refractivity contribution in [1.82, 2.24) is 15.1 Å². The lowest BCUT2D eigenvalue weighted by atomic mass is 10.00. The van der Waals surface area contributed by atoms with Crippen LogP contribution in [-0.2, 0) is 29.0 Å². The van der Waals surface area contributed by atoms with Crippen LogP contribution in [0, 0.1) is 0 Å². The third-order valence-electron chi connectivity index (χ3n) is 5.45. The number of rotatable bonds is 5. The maximum atomic E-state index is 12.7. The van der Waals surface area contributed by atoms with Gasteiger partial charge in [-0.2, -0.15) is 0 Å². The minimum atomic E-state index is -0.567. The normalized spacial score (nSPS) is 18.8. The zero-order chi connectivity index (χ0) is 19.5. The molecule has 0 aliphatic carbocycles. The van der Waals surface area contributed by atoms with Crippen LogP contribution < -0.4 is 5.32 Å². The first-order chi connectivity index (χ1) is 13.6. The summed E-state index contributed by atoms with van der Waals surface area (Å²) in [5.41, 5.74) is 3.49. The van der Waals surface area contributed by atoms with Gasteiger partial charge in [-0.15, -0.1) is 0 Å². The molecule has 2 aromatic rings. The van der Waals surface area contributed by atoms with Crippen molar-refractivity contribution >= 4 is 17.8 Å².